The number of allylic oxidation sites excluding steroid dienone is 5. The van der Waals surface area contributed by atoms with Crippen LogP contribution < -0.4 is 11.1 Å². The monoisotopic (exact) mass is 634 g/mol. The molecule has 8 atom stereocenters. The molecular formula is C45H34N2O2. The molecule has 4 N–H and O–H groups in total. The van der Waals surface area contributed by atoms with Gasteiger partial charge in [-0.2, -0.15) is 0 Å². The highest BCUT2D eigenvalue weighted by Crippen LogP contribution is 2.78. The van der Waals surface area contributed by atoms with Crippen LogP contribution in [0, 0.1) is 5.92 Å². The van der Waals surface area contributed by atoms with E-state index in [4.69, 9.17) is 5.73 Å². The number of fused-ring (bicyclic) bond motifs is 3. The normalized spacial score (nSPS) is 30.5. The number of nitrogens with two attached hydrogens (primary N) is 1. The quantitative estimate of drug-likeness (QED) is 0.182. The Bertz CT molecular complexity index is 2510. The first-order valence-corrected chi connectivity index (χ1v) is 18.6. The molecule has 4 aromatic rings. The zero-order chi connectivity index (χ0) is 31.8. The van der Waals surface area contributed by atoms with Gasteiger partial charge in [0.15, 0.2) is 0 Å². The lowest BCUT2D eigenvalue weighted by atomic mass is 9.63. The van der Waals surface area contributed by atoms with Crippen molar-refractivity contribution in [2.75, 3.05) is 5.32 Å². The number of carbonyl (C=O) groups is 1. The average molecular weight is 635 g/mol. The molecule has 0 heterocycles. The van der Waals surface area contributed by atoms with Crippen molar-refractivity contribution in [3.63, 3.8) is 0 Å². The molecule has 10 aliphatic carbocycles. The van der Waals surface area contributed by atoms with Crippen LogP contribution in [0.3, 0.4) is 0 Å². The third-order valence-corrected chi connectivity index (χ3v) is 14.9. The van der Waals surface area contributed by atoms with E-state index in [1.807, 2.05) is 12.1 Å². The molecule has 4 aromatic carbocycles. The lowest BCUT2D eigenvalue weighted by molar-refractivity contribution is -0.138. The summed E-state index contributed by atoms with van der Waals surface area (Å²) in [6.07, 6.45) is 13.8. The van der Waals surface area contributed by atoms with E-state index in [0.717, 1.165) is 36.9 Å². The number of aliphatic carboxylic acids is 1. The highest BCUT2D eigenvalue weighted by molar-refractivity contribution is 6.08. The van der Waals surface area contributed by atoms with E-state index < -0.39 is 12.0 Å². The number of rotatable bonds is 5. The molecule has 1 fully saturated rings. The number of anilines is 1. The molecule has 49 heavy (non-hydrogen) atoms. The zero-order valence-corrected chi connectivity index (χ0v) is 27.1. The lowest BCUT2D eigenvalue weighted by Crippen LogP contribution is -2.33. The number of carboxylic acids is 1. The summed E-state index contributed by atoms with van der Waals surface area (Å²) in [4.78, 5) is 11.3. The van der Waals surface area contributed by atoms with Gasteiger partial charge in [-0.05, 0) is 168 Å². The summed E-state index contributed by atoms with van der Waals surface area (Å²) >= 11 is 0. The summed E-state index contributed by atoms with van der Waals surface area (Å²) in [5.41, 5.74) is 37.9. The predicted molar refractivity (Wildman–Crippen MR) is 191 cm³/mol. The van der Waals surface area contributed by atoms with E-state index in [9.17, 15) is 9.90 Å². The predicted octanol–water partition coefficient (Wildman–Crippen LogP) is 8.27. The Morgan fingerprint density at radius 2 is 1.57 bits per heavy atom. The van der Waals surface area contributed by atoms with Gasteiger partial charge in [0.2, 0.25) is 0 Å². The highest BCUT2D eigenvalue weighted by atomic mass is 16.4. The number of carboxylic acid groups (broad SMARTS) is 1. The standard InChI is InChI=1S/C45H34N2O2/c46-30(45(48)49)9-17-1-5-24(6-2-17)47-25-7-8-26-27(16-25)29-15-23-13-21-11-19-4-3-18-10-20-12-22-14-28(26)37-38(29)42-36(23)34(21)40-32(19)31(18)39-33(20)35(22)41(37)44(42)43(39)40/h1-6,10-11,14-15,18,25-27,30-31,43-44,47H,7-9,12-13,16,46H2,(H,48,49). The van der Waals surface area contributed by atoms with Gasteiger partial charge >= 0.3 is 5.97 Å². The Morgan fingerprint density at radius 3 is 2.41 bits per heavy atom. The minimum absolute atomic E-state index is 0.348. The van der Waals surface area contributed by atoms with Gasteiger partial charge in [0.25, 0.3) is 0 Å². The van der Waals surface area contributed by atoms with Gasteiger partial charge < -0.3 is 16.2 Å². The van der Waals surface area contributed by atoms with Gasteiger partial charge in [0.05, 0.1) is 0 Å². The molecule has 0 spiro atoms. The largest absolute Gasteiger partial charge is 0.480 e. The minimum atomic E-state index is -0.953. The second kappa shape index (κ2) is 7.87. The lowest BCUT2D eigenvalue weighted by Gasteiger charge is -2.42. The molecule has 1 saturated carbocycles. The van der Waals surface area contributed by atoms with Crippen molar-refractivity contribution < 1.29 is 9.90 Å². The minimum Gasteiger partial charge on any atom is -0.480 e. The van der Waals surface area contributed by atoms with Crippen LogP contribution in [0.15, 0.2) is 65.8 Å². The SMILES string of the molecule is NC(Cc1ccc(NC2CCC3c4cc5c6c7c4-c4c(cc8c9c4C7C4C7=C6C(=CC6C=Cc%10cc(c-9c4c%10C76)C8)C5)C3C2)cc1)C(=O)O. The molecule has 0 saturated heterocycles. The van der Waals surface area contributed by atoms with E-state index in [0.29, 0.717) is 48.0 Å². The molecule has 0 radical (unpaired) electrons. The van der Waals surface area contributed by atoms with Gasteiger partial charge in [0.1, 0.15) is 6.04 Å². The number of hydrogen-bond donors (Lipinski definition) is 3. The van der Waals surface area contributed by atoms with Crippen molar-refractivity contribution >= 4 is 23.3 Å². The van der Waals surface area contributed by atoms with Crippen molar-refractivity contribution in [3.8, 4) is 22.3 Å². The molecule has 10 aliphatic rings. The van der Waals surface area contributed by atoms with Crippen LogP contribution in [-0.2, 0) is 24.1 Å². The van der Waals surface area contributed by atoms with Crippen LogP contribution in [0.4, 0.5) is 5.69 Å². The topological polar surface area (TPSA) is 75.3 Å². The maximum atomic E-state index is 11.3. The molecule has 4 nitrogen and oxygen atoms in total. The molecule has 0 amide bonds. The fraction of sp³-hybridized carbons (Fsp3) is 0.311. The van der Waals surface area contributed by atoms with Crippen LogP contribution in [0.2, 0.25) is 0 Å². The summed E-state index contributed by atoms with van der Waals surface area (Å²) in [6, 6.07) is 15.8. The maximum Gasteiger partial charge on any atom is 0.320 e. The van der Waals surface area contributed by atoms with Crippen LogP contribution in [0.5, 0.6) is 0 Å². The number of hydrogen-bond acceptors (Lipinski definition) is 3. The van der Waals surface area contributed by atoms with Crippen molar-refractivity contribution in [3.05, 3.63) is 133 Å². The molecule has 14 rings (SSSR count). The Balaban J connectivity index is 0.948. The van der Waals surface area contributed by atoms with Gasteiger partial charge in [-0.25, -0.2) is 0 Å². The summed E-state index contributed by atoms with van der Waals surface area (Å²) in [5, 5.41) is 13.2. The first kappa shape index (κ1) is 25.3. The van der Waals surface area contributed by atoms with Gasteiger partial charge in [-0.3, -0.25) is 4.79 Å². The maximum absolute atomic E-state index is 11.3. The van der Waals surface area contributed by atoms with E-state index in [1.165, 1.54) is 12.0 Å². The third kappa shape index (κ3) is 2.64. The molecule has 0 aliphatic heterocycles. The Labute approximate surface area is 284 Å². The Morgan fingerprint density at radius 1 is 0.816 bits per heavy atom. The average Bonchev–Trinajstić information content (AvgIpc) is 3.85. The van der Waals surface area contributed by atoms with Gasteiger partial charge in [0, 0.05) is 35.4 Å². The molecule has 8 unspecified atom stereocenters. The molecule has 0 bridgehead atoms. The van der Waals surface area contributed by atoms with E-state index in [2.05, 4.69) is 53.9 Å². The zero-order valence-electron chi connectivity index (χ0n) is 27.1. The van der Waals surface area contributed by atoms with Crippen molar-refractivity contribution in [2.45, 2.75) is 80.2 Å². The van der Waals surface area contributed by atoms with Crippen molar-refractivity contribution in [1.29, 1.82) is 0 Å². The van der Waals surface area contributed by atoms with Gasteiger partial charge in [-0.15, -0.1) is 0 Å². The van der Waals surface area contributed by atoms with Crippen LogP contribution in [-0.4, -0.2) is 23.2 Å². The van der Waals surface area contributed by atoms with Crippen LogP contribution >= 0.6 is 0 Å². The molecular weight excluding hydrogens is 601 g/mol. The first-order chi connectivity index (χ1) is 24.0. The van der Waals surface area contributed by atoms with E-state index >= 15 is 0 Å². The van der Waals surface area contributed by atoms with Crippen LogP contribution in [0.25, 0.3) is 33.9 Å². The summed E-state index contributed by atoms with van der Waals surface area (Å²) < 4.78 is 0. The van der Waals surface area contributed by atoms with Crippen LogP contribution in [0.1, 0.15) is 116 Å². The Hall–Kier alpha value is -4.67. The fourth-order valence-corrected chi connectivity index (χ4v) is 13.5. The summed E-state index contributed by atoms with van der Waals surface area (Å²) in [6.45, 7) is 0. The third-order valence-electron chi connectivity index (χ3n) is 14.9. The van der Waals surface area contributed by atoms with Crippen molar-refractivity contribution in [2.24, 2.45) is 11.7 Å². The number of benzene rings is 4. The smallest absolute Gasteiger partial charge is 0.320 e. The molecule has 0 aromatic heterocycles. The Kier molecular flexibility index (Phi) is 4.07. The van der Waals surface area contributed by atoms with Crippen molar-refractivity contribution in [1.82, 2.24) is 0 Å². The second-order valence-corrected chi connectivity index (χ2v) is 16.9. The highest BCUT2D eigenvalue weighted by Gasteiger charge is 2.61. The van der Waals surface area contributed by atoms with E-state index in [1.54, 1.807) is 94.6 Å². The summed E-state index contributed by atoms with van der Waals surface area (Å²) in [7, 11) is 0. The van der Waals surface area contributed by atoms with E-state index in [-0.39, 0.29) is 0 Å². The molecule has 4 heteroatoms. The number of nitrogens with one attached hydrogen (secondary N) is 1. The van der Waals surface area contributed by atoms with Gasteiger partial charge in [-0.1, -0.05) is 48.6 Å². The second-order valence-electron chi connectivity index (χ2n) is 16.9. The summed E-state index contributed by atoms with van der Waals surface area (Å²) in [5.74, 6) is 2.21. The first-order valence-electron chi connectivity index (χ1n) is 18.6. The molecule has 236 valence electrons. The fourth-order valence-electron chi connectivity index (χ4n) is 13.5.